The SMILES string of the molecule is N=C(c1c([C@@H](O)CO)ccnc1Nc1ccc(OC(F)(F)F)cc1)C1CN(C(=O)C2=CCC2)C1. The molecule has 1 saturated heterocycles. The number of pyridine rings is 1. The van der Waals surface area contributed by atoms with Gasteiger partial charge in [0, 0.05) is 47.7 Å². The van der Waals surface area contributed by atoms with Crippen molar-refractivity contribution in [1.82, 2.24) is 9.88 Å². The fourth-order valence-corrected chi connectivity index (χ4v) is 3.82. The fourth-order valence-electron chi connectivity index (χ4n) is 3.82. The standard InChI is InChI=1S/C23H23F3N4O4/c24-23(25,26)34-16-6-4-15(5-7-16)29-21-19(17(8-9-28-21)18(32)12-31)20(27)14-10-30(11-14)22(33)13-2-1-3-13/h2,4-9,14,18,27,31-32H,1,3,10-12H2,(H,28,29)/t18-/m0/s1. The van der Waals surface area contributed by atoms with Crippen LogP contribution in [-0.2, 0) is 4.79 Å². The molecule has 8 nitrogen and oxygen atoms in total. The van der Waals surface area contributed by atoms with Crippen molar-refractivity contribution < 1.29 is 32.9 Å². The molecular weight excluding hydrogens is 453 g/mol. The van der Waals surface area contributed by atoms with Gasteiger partial charge in [-0.3, -0.25) is 4.79 Å². The molecule has 2 aliphatic rings. The zero-order valence-electron chi connectivity index (χ0n) is 18.0. The van der Waals surface area contributed by atoms with Gasteiger partial charge in [-0.05, 0) is 48.7 Å². The Kier molecular flexibility index (Phi) is 6.58. The van der Waals surface area contributed by atoms with Gasteiger partial charge in [-0.2, -0.15) is 0 Å². The zero-order chi connectivity index (χ0) is 24.5. The van der Waals surface area contributed by atoms with Gasteiger partial charge in [0.05, 0.1) is 6.61 Å². The first-order valence-corrected chi connectivity index (χ1v) is 10.6. The van der Waals surface area contributed by atoms with Crippen molar-refractivity contribution >= 4 is 23.1 Å². The zero-order valence-corrected chi connectivity index (χ0v) is 18.0. The average Bonchev–Trinajstić information content (AvgIpc) is 2.71. The molecule has 1 aromatic heterocycles. The van der Waals surface area contributed by atoms with Crippen molar-refractivity contribution in [3.63, 3.8) is 0 Å². The number of hydrogen-bond donors (Lipinski definition) is 4. The van der Waals surface area contributed by atoms with Gasteiger partial charge in [-0.25, -0.2) is 4.98 Å². The number of aliphatic hydroxyl groups is 2. The minimum atomic E-state index is -4.80. The first-order chi connectivity index (χ1) is 16.2. The second-order valence-corrected chi connectivity index (χ2v) is 8.11. The summed E-state index contributed by atoms with van der Waals surface area (Å²) in [6, 6.07) is 6.50. The molecule has 0 unspecified atom stereocenters. The number of likely N-dealkylation sites (tertiary alicyclic amines) is 1. The molecule has 0 spiro atoms. The van der Waals surface area contributed by atoms with Gasteiger partial charge in [0.15, 0.2) is 0 Å². The lowest BCUT2D eigenvalue weighted by Crippen LogP contribution is -2.54. The van der Waals surface area contributed by atoms with Crippen LogP contribution in [0.25, 0.3) is 0 Å². The molecule has 1 aliphatic heterocycles. The molecule has 180 valence electrons. The fraction of sp³-hybridized carbons (Fsp3) is 0.348. The molecule has 1 aromatic carbocycles. The van der Waals surface area contributed by atoms with Gasteiger partial charge in [0.2, 0.25) is 5.91 Å². The minimum absolute atomic E-state index is 0.0309. The number of halogens is 3. The Morgan fingerprint density at radius 2 is 1.94 bits per heavy atom. The first-order valence-electron chi connectivity index (χ1n) is 10.6. The summed E-state index contributed by atoms with van der Waals surface area (Å²) in [6.45, 7) is 0.125. The molecule has 1 fully saturated rings. The van der Waals surface area contributed by atoms with Crippen molar-refractivity contribution in [3.05, 3.63) is 59.3 Å². The summed E-state index contributed by atoms with van der Waals surface area (Å²) in [5.41, 5.74) is 1.87. The van der Waals surface area contributed by atoms with Gasteiger partial charge >= 0.3 is 6.36 Å². The summed E-state index contributed by atoms with van der Waals surface area (Å²) in [4.78, 5) is 18.3. The number of hydrogen-bond acceptors (Lipinski definition) is 7. The van der Waals surface area contributed by atoms with E-state index in [1.54, 1.807) is 4.90 Å². The monoisotopic (exact) mass is 476 g/mol. The minimum Gasteiger partial charge on any atom is -0.406 e. The van der Waals surface area contributed by atoms with E-state index in [0.29, 0.717) is 18.8 Å². The predicted molar refractivity (Wildman–Crippen MR) is 117 cm³/mol. The van der Waals surface area contributed by atoms with Crippen molar-refractivity contribution in [2.45, 2.75) is 25.3 Å². The van der Waals surface area contributed by atoms with E-state index in [2.05, 4.69) is 15.0 Å². The topological polar surface area (TPSA) is 119 Å². The third-order valence-electron chi connectivity index (χ3n) is 5.79. The quantitative estimate of drug-likeness (QED) is 0.434. The van der Waals surface area contributed by atoms with Crippen molar-refractivity contribution in [2.24, 2.45) is 5.92 Å². The molecule has 1 amide bonds. The maximum absolute atomic E-state index is 12.4. The number of ether oxygens (including phenoxy) is 1. The number of aromatic nitrogens is 1. The number of nitrogens with one attached hydrogen (secondary N) is 2. The molecule has 2 aromatic rings. The average molecular weight is 476 g/mol. The van der Waals surface area contributed by atoms with Gasteiger partial charge in [-0.15, -0.1) is 13.2 Å². The lowest BCUT2D eigenvalue weighted by Gasteiger charge is -2.41. The van der Waals surface area contributed by atoms with Crippen LogP contribution >= 0.6 is 0 Å². The van der Waals surface area contributed by atoms with E-state index < -0.39 is 19.1 Å². The third kappa shape index (κ3) is 5.05. The van der Waals surface area contributed by atoms with Crippen molar-refractivity contribution in [3.8, 4) is 5.75 Å². The summed E-state index contributed by atoms with van der Waals surface area (Å²) in [5, 5.41) is 31.5. The van der Waals surface area contributed by atoms with Crippen LogP contribution in [-0.4, -0.2) is 57.8 Å². The van der Waals surface area contributed by atoms with E-state index in [1.165, 1.54) is 24.4 Å². The number of carbonyl (C=O) groups excluding carboxylic acids is 1. The summed E-state index contributed by atoms with van der Waals surface area (Å²) in [7, 11) is 0. The van der Waals surface area contributed by atoms with E-state index in [9.17, 15) is 28.2 Å². The van der Waals surface area contributed by atoms with Crippen LogP contribution in [0.4, 0.5) is 24.7 Å². The smallest absolute Gasteiger partial charge is 0.406 e. The second-order valence-electron chi connectivity index (χ2n) is 8.11. The number of carbonyl (C=O) groups is 1. The number of rotatable bonds is 8. The Morgan fingerprint density at radius 3 is 2.50 bits per heavy atom. The molecule has 1 atom stereocenters. The van der Waals surface area contributed by atoms with E-state index >= 15 is 0 Å². The number of anilines is 2. The highest BCUT2D eigenvalue weighted by molar-refractivity contribution is 6.07. The predicted octanol–water partition coefficient (Wildman–Crippen LogP) is 3.30. The highest BCUT2D eigenvalue weighted by atomic mass is 19.4. The highest BCUT2D eigenvalue weighted by Gasteiger charge is 2.37. The maximum atomic E-state index is 12.4. The lowest BCUT2D eigenvalue weighted by atomic mass is 9.85. The first kappa shape index (κ1) is 23.7. The van der Waals surface area contributed by atoms with Crippen LogP contribution in [0.3, 0.4) is 0 Å². The van der Waals surface area contributed by atoms with Gasteiger partial charge in [0.25, 0.3) is 0 Å². The molecule has 4 rings (SSSR count). The molecule has 34 heavy (non-hydrogen) atoms. The van der Waals surface area contributed by atoms with Crippen LogP contribution in [0.15, 0.2) is 48.2 Å². The van der Waals surface area contributed by atoms with Crippen LogP contribution in [0.5, 0.6) is 5.75 Å². The molecule has 0 bridgehead atoms. The summed E-state index contributed by atoms with van der Waals surface area (Å²) < 4.78 is 41.1. The number of aliphatic hydroxyl groups excluding tert-OH is 2. The Hall–Kier alpha value is -3.44. The molecule has 11 heteroatoms. The lowest BCUT2D eigenvalue weighted by molar-refractivity contribution is -0.274. The number of allylic oxidation sites excluding steroid dienone is 1. The van der Waals surface area contributed by atoms with Crippen molar-refractivity contribution in [2.75, 3.05) is 25.0 Å². The van der Waals surface area contributed by atoms with Crippen LogP contribution in [0.2, 0.25) is 0 Å². The highest BCUT2D eigenvalue weighted by Crippen LogP contribution is 2.33. The van der Waals surface area contributed by atoms with Crippen LogP contribution in [0, 0.1) is 11.3 Å². The number of alkyl halides is 3. The Balaban J connectivity index is 1.55. The number of amides is 1. The largest absolute Gasteiger partial charge is 0.573 e. The van der Waals surface area contributed by atoms with Gasteiger partial charge < -0.3 is 30.6 Å². The normalized spacial score (nSPS) is 16.7. The summed E-state index contributed by atoms with van der Waals surface area (Å²) in [6.07, 6.45) is -1.13. The molecule has 0 saturated carbocycles. The van der Waals surface area contributed by atoms with Crippen LogP contribution < -0.4 is 10.1 Å². The van der Waals surface area contributed by atoms with Gasteiger partial charge in [-0.1, -0.05) is 6.08 Å². The Labute approximate surface area is 193 Å². The number of nitrogens with zero attached hydrogens (tertiary/aromatic N) is 2. The Morgan fingerprint density at radius 1 is 1.26 bits per heavy atom. The molecule has 4 N–H and O–H groups in total. The van der Waals surface area contributed by atoms with Gasteiger partial charge in [0.1, 0.15) is 17.7 Å². The maximum Gasteiger partial charge on any atom is 0.573 e. The van der Waals surface area contributed by atoms with E-state index in [1.807, 2.05) is 6.08 Å². The van der Waals surface area contributed by atoms with Crippen LogP contribution in [0.1, 0.15) is 30.1 Å². The van der Waals surface area contributed by atoms with E-state index in [4.69, 9.17) is 5.41 Å². The molecule has 1 aliphatic carbocycles. The van der Waals surface area contributed by atoms with E-state index in [-0.39, 0.29) is 40.2 Å². The van der Waals surface area contributed by atoms with E-state index in [0.717, 1.165) is 30.5 Å². The molecule has 0 radical (unpaired) electrons. The molecular formula is C23H23F3N4O4. The number of benzene rings is 1. The molecule has 2 heterocycles. The Bertz CT molecular complexity index is 1110. The second kappa shape index (κ2) is 9.43. The van der Waals surface area contributed by atoms with Crippen molar-refractivity contribution in [1.29, 1.82) is 5.41 Å². The third-order valence-corrected chi connectivity index (χ3v) is 5.79. The summed E-state index contributed by atoms with van der Waals surface area (Å²) >= 11 is 0. The summed E-state index contributed by atoms with van der Waals surface area (Å²) in [5.74, 6) is -0.506.